The maximum Gasteiger partial charge on any atom is 0.339 e. The first-order valence-corrected chi connectivity index (χ1v) is 5.33. The van der Waals surface area contributed by atoms with Gasteiger partial charge < -0.3 is 10.2 Å². The molecule has 0 radical (unpaired) electrons. The fourth-order valence-electron chi connectivity index (χ4n) is 2.05. The molecule has 0 aliphatic rings. The van der Waals surface area contributed by atoms with E-state index in [9.17, 15) is 4.79 Å². The normalized spacial score (nSPS) is 11.2. The van der Waals surface area contributed by atoms with Crippen molar-refractivity contribution in [3.63, 3.8) is 0 Å². The van der Waals surface area contributed by atoms with Crippen LogP contribution in [0.25, 0.3) is 11.0 Å². The van der Waals surface area contributed by atoms with Crippen LogP contribution in [-0.4, -0.2) is 0 Å². The number of hydrogen-bond acceptors (Lipinski definition) is 3. The highest BCUT2D eigenvalue weighted by Gasteiger charge is 2.13. The van der Waals surface area contributed by atoms with Crippen LogP contribution in [0.15, 0.2) is 27.4 Å². The Bertz CT molecular complexity index is 597. The molecule has 0 spiro atoms. The van der Waals surface area contributed by atoms with Gasteiger partial charge in [0.05, 0.1) is 0 Å². The topological polar surface area (TPSA) is 56.2 Å². The summed E-state index contributed by atoms with van der Waals surface area (Å²) in [5.74, 6) is 0.165. The zero-order valence-corrected chi connectivity index (χ0v) is 9.70. The third kappa shape index (κ3) is 1.58. The Hall–Kier alpha value is -1.77. The standard InChI is InChI=1S/C13H15NO2/c1-7(2)12-8(3)10-5-4-9(14)6-11(10)16-13(12)15/h4-7H,14H2,1-3H3. The molecule has 1 heterocycles. The van der Waals surface area contributed by atoms with Crippen LogP contribution >= 0.6 is 0 Å². The van der Waals surface area contributed by atoms with E-state index in [1.54, 1.807) is 6.07 Å². The van der Waals surface area contributed by atoms with Crippen LogP contribution in [-0.2, 0) is 0 Å². The zero-order valence-electron chi connectivity index (χ0n) is 9.70. The van der Waals surface area contributed by atoms with E-state index in [0.717, 1.165) is 16.5 Å². The Morgan fingerprint density at radius 3 is 2.62 bits per heavy atom. The third-order valence-electron chi connectivity index (χ3n) is 2.81. The van der Waals surface area contributed by atoms with Crippen LogP contribution in [0.1, 0.15) is 30.9 Å². The summed E-state index contributed by atoms with van der Waals surface area (Å²) in [5, 5.41) is 0.956. The minimum Gasteiger partial charge on any atom is -0.422 e. The van der Waals surface area contributed by atoms with Crippen molar-refractivity contribution >= 4 is 16.7 Å². The van der Waals surface area contributed by atoms with E-state index in [1.807, 2.05) is 32.9 Å². The molecule has 2 rings (SSSR count). The summed E-state index contributed by atoms with van der Waals surface area (Å²) >= 11 is 0. The van der Waals surface area contributed by atoms with Gasteiger partial charge in [-0.25, -0.2) is 4.79 Å². The molecule has 0 unspecified atom stereocenters. The Kier molecular flexibility index (Phi) is 2.46. The fraction of sp³-hybridized carbons (Fsp3) is 0.308. The summed E-state index contributed by atoms with van der Waals surface area (Å²) < 4.78 is 5.28. The van der Waals surface area contributed by atoms with Crippen molar-refractivity contribution in [3.8, 4) is 0 Å². The third-order valence-corrected chi connectivity index (χ3v) is 2.81. The van der Waals surface area contributed by atoms with Crippen molar-refractivity contribution in [2.75, 3.05) is 5.73 Å². The van der Waals surface area contributed by atoms with Gasteiger partial charge in [0, 0.05) is 22.7 Å². The van der Waals surface area contributed by atoms with Crippen LogP contribution in [0.3, 0.4) is 0 Å². The van der Waals surface area contributed by atoms with Gasteiger partial charge in [0.2, 0.25) is 0 Å². The number of hydrogen-bond donors (Lipinski definition) is 1. The van der Waals surface area contributed by atoms with E-state index in [0.29, 0.717) is 11.3 Å². The van der Waals surface area contributed by atoms with Crippen LogP contribution in [0.2, 0.25) is 0 Å². The molecule has 84 valence electrons. The van der Waals surface area contributed by atoms with E-state index in [-0.39, 0.29) is 11.5 Å². The summed E-state index contributed by atoms with van der Waals surface area (Å²) in [6.45, 7) is 5.93. The number of aryl methyl sites for hydroxylation is 1. The molecule has 0 aliphatic carbocycles. The molecule has 0 aliphatic heterocycles. The molecule has 1 aromatic carbocycles. The number of rotatable bonds is 1. The van der Waals surface area contributed by atoms with E-state index >= 15 is 0 Å². The quantitative estimate of drug-likeness (QED) is 0.590. The first kappa shape index (κ1) is 10.7. The van der Waals surface area contributed by atoms with Gasteiger partial charge in [-0.2, -0.15) is 0 Å². The first-order valence-electron chi connectivity index (χ1n) is 5.33. The van der Waals surface area contributed by atoms with Crippen molar-refractivity contribution < 1.29 is 4.42 Å². The molecule has 1 aromatic heterocycles. The van der Waals surface area contributed by atoms with Gasteiger partial charge in [0.1, 0.15) is 5.58 Å². The highest BCUT2D eigenvalue weighted by Crippen LogP contribution is 2.25. The predicted molar refractivity (Wildman–Crippen MR) is 65.7 cm³/mol. The summed E-state index contributed by atoms with van der Waals surface area (Å²) in [6, 6.07) is 5.40. The molecule has 0 bridgehead atoms. The number of nitrogens with two attached hydrogens (primary N) is 1. The molecule has 0 fully saturated rings. The van der Waals surface area contributed by atoms with Crippen LogP contribution < -0.4 is 11.4 Å². The summed E-state index contributed by atoms with van der Waals surface area (Å²) in [7, 11) is 0. The average molecular weight is 217 g/mol. The average Bonchev–Trinajstić information content (AvgIpc) is 2.15. The number of benzene rings is 1. The Balaban J connectivity index is 2.89. The zero-order chi connectivity index (χ0) is 11.9. The van der Waals surface area contributed by atoms with Gasteiger partial charge in [-0.15, -0.1) is 0 Å². The highest BCUT2D eigenvalue weighted by atomic mass is 16.4. The number of nitrogen functional groups attached to an aromatic ring is 1. The summed E-state index contributed by atoms with van der Waals surface area (Å²) in [6.07, 6.45) is 0. The molecule has 0 saturated heterocycles. The van der Waals surface area contributed by atoms with Crippen molar-refractivity contribution in [1.82, 2.24) is 0 Å². The minimum atomic E-state index is -0.259. The molecular formula is C13H15NO2. The lowest BCUT2D eigenvalue weighted by Crippen LogP contribution is -2.11. The van der Waals surface area contributed by atoms with Crippen molar-refractivity contribution in [2.45, 2.75) is 26.7 Å². The fourth-order valence-corrected chi connectivity index (χ4v) is 2.05. The molecule has 16 heavy (non-hydrogen) atoms. The Morgan fingerprint density at radius 2 is 2.00 bits per heavy atom. The van der Waals surface area contributed by atoms with E-state index in [4.69, 9.17) is 10.2 Å². The molecule has 0 atom stereocenters. The maximum absolute atomic E-state index is 11.8. The van der Waals surface area contributed by atoms with Crippen molar-refractivity contribution in [3.05, 3.63) is 39.7 Å². The molecule has 0 saturated carbocycles. The van der Waals surface area contributed by atoms with E-state index in [2.05, 4.69) is 0 Å². The van der Waals surface area contributed by atoms with Gasteiger partial charge in [-0.1, -0.05) is 13.8 Å². The Morgan fingerprint density at radius 1 is 1.31 bits per heavy atom. The second-order valence-electron chi connectivity index (χ2n) is 4.34. The lowest BCUT2D eigenvalue weighted by molar-refractivity contribution is 0.542. The predicted octanol–water partition coefficient (Wildman–Crippen LogP) is 2.81. The van der Waals surface area contributed by atoms with Gasteiger partial charge in [-0.3, -0.25) is 0 Å². The first-order chi connectivity index (χ1) is 7.50. The van der Waals surface area contributed by atoms with Crippen molar-refractivity contribution in [2.24, 2.45) is 0 Å². The Labute approximate surface area is 93.9 Å². The smallest absolute Gasteiger partial charge is 0.339 e. The molecular weight excluding hydrogens is 202 g/mol. The SMILES string of the molecule is Cc1c(C(C)C)c(=O)oc2cc(N)ccc12. The second kappa shape index (κ2) is 3.67. The number of anilines is 1. The number of fused-ring (bicyclic) bond motifs is 1. The van der Waals surface area contributed by atoms with Crippen LogP contribution in [0, 0.1) is 6.92 Å². The van der Waals surface area contributed by atoms with Crippen LogP contribution in [0.4, 0.5) is 5.69 Å². The van der Waals surface area contributed by atoms with Gasteiger partial charge in [0.15, 0.2) is 0 Å². The molecule has 2 N–H and O–H groups in total. The summed E-state index contributed by atoms with van der Waals surface area (Å²) in [5.41, 5.74) is 8.30. The van der Waals surface area contributed by atoms with E-state index in [1.165, 1.54) is 0 Å². The maximum atomic E-state index is 11.8. The van der Waals surface area contributed by atoms with E-state index < -0.39 is 0 Å². The molecule has 0 amide bonds. The monoisotopic (exact) mass is 217 g/mol. The van der Waals surface area contributed by atoms with Crippen LogP contribution in [0.5, 0.6) is 0 Å². The van der Waals surface area contributed by atoms with Gasteiger partial charge >= 0.3 is 5.63 Å². The van der Waals surface area contributed by atoms with Gasteiger partial charge in [-0.05, 0) is 30.5 Å². The molecule has 3 nitrogen and oxygen atoms in total. The van der Waals surface area contributed by atoms with Gasteiger partial charge in [0.25, 0.3) is 0 Å². The molecule has 2 aromatic rings. The lowest BCUT2D eigenvalue weighted by Gasteiger charge is -2.10. The second-order valence-corrected chi connectivity index (χ2v) is 4.34. The summed E-state index contributed by atoms with van der Waals surface area (Å²) in [4.78, 5) is 11.8. The lowest BCUT2D eigenvalue weighted by atomic mass is 9.97. The van der Waals surface area contributed by atoms with Crippen molar-refractivity contribution in [1.29, 1.82) is 0 Å². The highest BCUT2D eigenvalue weighted by molar-refractivity contribution is 5.83. The largest absolute Gasteiger partial charge is 0.422 e. The molecule has 3 heteroatoms. The minimum absolute atomic E-state index is 0.165.